The highest BCUT2D eigenvalue weighted by molar-refractivity contribution is 7.98. The first kappa shape index (κ1) is 23.5. The number of nitrogens with zero attached hydrogens (tertiary/aromatic N) is 4. The first-order valence-corrected chi connectivity index (χ1v) is 14.7. The zero-order chi connectivity index (χ0) is 24.1. The molecule has 2 aliphatic rings. The predicted molar refractivity (Wildman–Crippen MR) is 134 cm³/mol. The second kappa shape index (κ2) is 8.78. The summed E-state index contributed by atoms with van der Waals surface area (Å²) in [6.45, 7) is 2.22. The van der Waals surface area contributed by atoms with Crippen molar-refractivity contribution in [3.05, 3.63) is 51.6 Å². The van der Waals surface area contributed by atoms with Gasteiger partial charge < -0.3 is 4.90 Å². The van der Waals surface area contributed by atoms with Gasteiger partial charge in [0.25, 0.3) is 21.5 Å². The molecule has 1 spiro atoms. The van der Waals surface area contributed by atoms with Crippen molar-refractivity contribution >= 4 is 49.9 Å². The van der Waals surface area contributed by atoms with Crippen LogP contribution >= 0.6 is 23.1 Å². The van der Waals surface area contributed by atoms with Crippen LogP contribution in [0.15, 0.2) is 49.9 Å². The van der Waals surface area contributed by atoms with Gasteiger partial charge in [-0.2, -0.15) is 4.31 Å². The minimum Gasteiger partial charge on any atom is -0.338 e. The first-order valence-electron chi connectivity index (χ1n) is 11.1. The largest absolute Gasteiger partial charge is 0.338 e. The van der Waals surface area contributed by atoms with Crippen molar-refractivity contribution in [2.24, 2.45) is 12.5 Å². The van der Waals surface area contributed by atoms with Gasteiger partial charge >= 0.3 is 0 Å². The van der Waals surface area contributed by atoms with Crippen LogP contribution in [0.3, 0.4) is 0 Å². The summed E-state index contributed by atoms with van der Waals surface area (Å²) in [6, 6.07) is 8.50. The van der Waals surface area contributed by atoms with E-state index in [1.165, 1.54) is 27.7 Å². The number of piperidine rings is 1. The van der Waals surface area contributed by atoms with Crippen molar-refractivity contribution in [1.82, 2.24) is 18.8 Å². The molecule has 0 aliphatic carbocycles. The Labute approximate surface area is 206 Å². The number of rotatable bonds is 4. The van der Waals surface area contributed by atoms with E-state index in [-0.39, 0.29) is 16.9 Å². The van der Waals surface area contributed by atoms with Gasteiger partial charge in [0, 0.05) is 38.8 Å². The van der Waals surface area contributed by atoms with E-state index in [0.717, 1.165) is 19.3 Å². The Morgan fingerprint density at radius 1 is 1.15 bits per heavy atom. The number of thiophene rings is 1. The molecule has 0 radical (unpaired) electrons. The molecule has 3 aromatic rings. The van der Waals surface area contributed by atoms with Crippen molar-refractivity contribution in [2.75, 3.05) is 32.4 Å². The van der Waals surface area contributed by atoms with Crippen LogP contribution in [0.4, 0.5) is 0 Å². The average Bonchev–Trinajstić information content (AvgIpc) is 3.52. The third-order valence-corrected chi connectivity index (χ3v) is 11.1. The monoisotopic (exact) mass is 518 g/mol. The van der Waals surface area contributed by atoms with Crippen LogP contribution in [0.2, 0.25) is 0 Å². The van der Waals surface area contributed by atoms with E-state index in [2.05, 4.69) is 4.98 Å². The highest BCUT2D eigenvalue weighted by Gasteiger charge is 2.44. The Bertz CT molecular complexity index is 1410. The summed E-state index contributed by atoms with van der Waals surface area (Å²) in [5, 5.41) is 2.88. The van der Waals surface area contributed by atoms with E-state index >= 15 is 0 Å². The molecule has 1 aromatic carbocycles. The Hall–Kier alpha value is -2.21. The summed E-state index contributed by atoms with van der Waals surface area (Å²) in [7, 11) is -1.74. The van der Waals surface area contributed by atoms with Gasteiger partial charge in [-0.3, -0.25) is 14.2 Å². The van der Waals surface area contributed by atoms with Crippen LogP contribution in [-0.4, -0.2) is 65.5 Å². The predicted octanol–water partition coefficient (Wildman–Crippen LogP) is 3.03. The van der Waals surface area contributed by atoms with Crippen LogP contribution in [0, 0.1) is 5.41 Å². The third kappa shape index (κ3) is 3.98. The maximum Gasteiger partial charge on any atom is 0.261 e. The lowest BCUT2D eigenvalue weighted by molar-refractivity contribution is 0.0750. The molecule has 8 nitrogen and oxygen atoms in total. The first-order chi connectivity index (χ1) is 16.2. The molecule has 0 atom stereocenters. The van der Waals surface area contributed by atoms with Crippen LogP contribution in [0.25, 0.3) is 10.9 Å². The summed E-state index contributed by atoms with van der Waals surface area (Å²) in [5.41, 5.74) is 0.876. The summed E-state index contributed by atoms with van der Waals surface area (Å²) in [6.07, 6.45) is 4.22. The van der Waals surface area contributed by atoms with Gasteiger partial charge in [0.15, 0.2) is 5.16 Å². The average molecular weight is 519 g/mol. The number of carbonyl (C=O) groups is 1. The third-order valence-electron chi connectivity index (χ3n) is 7.06. The number of amides is 1. The van der Waals surface area contributed by atoms with Crippen molar-refractivity contribution in [3.63, 3.8) is 0 Å². The molecule has 0 N–H and O–H groups in total. The Morgan fingerprint density at radius 3 is 2.56 bits per heavy atom. The second-order valence-corrected chi connectivity index (χ2v) is 12.9. The van der Waals surface area contributed by atoms with Gasteiger partial charge in [0.1, 0.15) is 4.21 Å². The molecule has 180 valence electrons. The van der Waals surface area contributed by atoms with Gasteiger partial charge in [-0.05, 0) is 60.6 Å². The lowest BCUT2D eigenvalue weighted by atomic mass is 9.78. The highest BCUT2D eigenvalue weighted by Crippen LogP contribution is 2.42. The molecule has 2 aliphatic heterocycles. The van der Waals surface area contributed by atoms with E-state index < -0.39 is 10.0 Å². The van der Waals surface area contributed by atoms with E-state index in [1.807, 2.05) is 11.2 Å². The number of likely N-dealkylation sites (tertiary alicyclic amines) is 1. The summed E-state index contributed by atoms with van der Waals surface area (Å²) in [5.74, 6) is -0.0689. The number of hydrogen-bond acceptors (Lipinski definition) is 7. The van der Waals surface area contributed by atoms with Crippen molar-refractivity contribution in [3.8, 4) is 0 Å². The number of thioether (sulfide) groups is 1. The van der Waals surface area contributed by atoms with Crippen molar-refractivity contribution in [1.29, 1.82) is 0 Å². The minimum absolute atomic E-state index is 0.0474. The molecule has 11 heteroatoms. The summed E-state index contributed by atoms with van der Waals surface area (Å²) < 4.78 is 29.2. The Balaban J connectivity index is 1.31. The molecule has 2 aromatic heterocycles. The lowest BCUT2D eigenvalue weighted by Gasteiger charge is -2.38. The summed E-state index contributed by atoms with van der Waals surface area (Å²) in [4.78, 5) is 32.3. The van der Waals surface area contributed by atoms with Crippen LogP contribution < -0.4 is 5.56 Å². The molecule has 2 fully saturated rings. The van der Waals surface area contributed by atoms with E-state index in [4.69, 9.17) is 0 Å². The molecule has 2 saturated heterocycles. The number of carbonyl (C=O) groups excluding carboxylic acids is 1. The van der Waals surface area contributed by atoms with E-state index in [1.54, 1.807) is 47.1 Å². The number of aromatic nitrogens is 2. The summed E-state index contributed by atoms with van der Waals surface area (Å²) >= 11 is 2.63. The van der Waals surface area contributed by atoms with E-state index in [9.17, 15) is 18.0 Å². The Kier molecular flexibility index (Phi) is 6.07. The maximum atomic E-state index is 13.3. The fraction of sp³-hybridized carbons (Fsp3) is 0.435. The second-order valence-electron chi connectivity index (χ2n) is 9.01. The molecule has 1 amide bonds. The van der Waals surface area contributed by atoms with Gasteiger partial charge in [-0.25, -0.2) is 13.4 Å². The minimum atomic E-state index is -3.44. The number of fused-ring (bicyclic) bond motifs is 1. The zero-order valence-electron chi connectivity index (χ0n) is 19.1. The van der Waals surface area contributed by atoms with Crippen LogP contribution in [-0.2, 0) is 17.1 Å². The standard InChI is InChI=1S/C23H26N4O4S3/c1-25-21(29)17-6-5-16(14-18(17)24-22(25)32-2)20(28)26-10-7-23(15-26)8-11-27(12-9-23)34(30,31)19-4-3-13-33-19/h3-6,13-14H,7-12,15H2,1-2H3. The molecule has 0 bridgehead atoms. The van der Waals surface area contributed by atoms with Gasteiger partial charge in [-0.1, -0.05) is 17.8 Å². The molecule has 0 unspecified atom stereocenters. The van der Waals surface area contributed by atoms with E-state index in [0.29, 0.717) is 52.0 Å². The molecule has 5 rings (SSSR count). The number of benzene rings is 1. The fourth-order valence-electron chi connectivity index (χ4n) is 5.00. The SMILES string of the molecule is CSc1nc2cc(C(=O)N3CCC4(CCN(S(=O)(=O)c5cccs5)CC4)C3)ccc2c(=O)n1C. The molecule has 0 saturated carbocycles. The number of hydrogen-bond donors (Lipinski definition) is 0. The maximum absolute atomic E-state index is 13.3. The fourth-order valence-corrected chi connectivity index (χ4v) is 8.14. The molecular weight excluding hydrogens is 492 g/mol. The quantitative estimate of drug-likeness (QED) is 0.389. The van der Waals surface area contributed by atoms with Gasteiger partial charge in [-0.15, -0.1) is 11.3 Å². The van der Waals surface area contributed by atoms with Gasteiger partial charge in [0.2, 0.25) is 0 Å². The van der Waals surface area contributed by atoms with Gasteiger partial charge in [0.05, 0.1) is 10.9 Å². The Morgan fingerprint density at radius 2 is 1.88 bits per heavy atom. The highest BCUT2D eigenvalue weighted by atomic mass is 32.2. The number of sulfonamides is 1. The van der Waals surface area contributed by atoms with Crippen LogP contribution in [0.5, 0.6) is 0 Å². The topological polar surface area (TPSA) is 92.6 Å². The smallest absolute Gasteiger partial charge is 0.261 e. The molecule has 4 heterocycles. The van der Waals surface area contributed by atoms with Crippen molar-refractivity contribution in [2.45, 2.75) is 28.6 Å². The zero-order valence-corrected chi connectivity index (χ0v) is 21.5. The molecular formula is C23H26N4O4S3. The van der Waals surface area contributed by atoms with Crippen LogP contribution in [0.1, 0.15) is 29.6 Å². The van der Waals surface area contributed by atoms with Crippen molar-refractivity contribution < 1.29 is 13.2 Å². The lowest BCUT2D eigenvalue weighted by Crippen LogP contribution is -2.44. The molecule has 34 heavy (non-hydrogen) atoms. The normalized spacial score (nSPS) is 18.7.